The van der Waals surface area contributed by atoms with E-state index in [1.165, 1.54) is 0 Å². The molecule has 234 valence electrons. The Bertz CT molecular complexity index is 1050. The lowest BCUT2D eigenvalue weighted by atomic mass is 9.85. The maximum absolute atomic E-state index is 9.91. The molecule has 42 heavy (non-hydrogen) atoms. The first-order valence-electron chi connectivity index (χ1n) is 15.4. The second-order valence-corrected chi connectivity index (χ2v) is 11.3. The molecule has 5 atom stereocenters. The summed E-state index contributed by atoms with van der Waals surface area (Å²) in [7, 11) is 3.48. The molecule has 0 amide bonds. The minimum absolute atomic E-state index is 0.00751. The van der Waals surface area contributed by atoms with E-state index in [0.29, 0.717) is 32.9 Å². The zero-order chi connectivity index (χ0) is 29.7. The third kappa shape index (κ3) is 9.56. The van der Waals surface area contributed by atoms with Crippen LogP contribution in [0.1, 0.15) is 50.2 Å². The zero-order valence-electron chi connectivity index (χ0n) is 25.8. The molecule has 0 saturated carbocycles. The Morgan fingerprint density at radius 3 is 2.52 bits per heavy atom. The third-order valence-corrected chi connectivity index (χ3v) is 7.96. The normalized spacial score (nSPS) is 21.8. The largest absolute Gasteiger partial charge is 0.494 e. The summed E-state index contributed by atoms with van der Waals surface area (Å²) in [5, 5.41) is 13.4. The van der Waals surface area contributed by atoms with Gasteiger partial charge in [0.05, 0.1) is 56.5 Å². The van der Waals surface area contributed by atoms with Gasteiger partial charge in [-0.2, -0.15) is 0 Å². The van der Waals surface area contributed by atoms with Crippen molar-refractivity contribution in [3.63, 3.8) is 0 Å². The highest BCUT2D eigenvalue weighted by molar-refractivity contribution is 5.61. The first-order valence-corrected chi connectivity index (χ1v) is 15.4. The van der Waals surface area contributed by atoms with Gasteiger partial charge in [-0.05, 0) is 68.5 Å². The number of methoxy groups -OCH3 is 2. The van der Waals surface area contributed by atoms with Crippen molar-refractivity contribution in [3.8, 4) is 11.5 Å². The highest BCUT2D eigenvalue weighted by Gasteiger charge is 2.36. The molecule has 2 aliphatic heterocycles. The predicted molar refractivity (Wildman–Crippen MR) is 164 cm³/mol. The standard InChI is InChI=1S/C33H50N2O7/c1-24(36)22-41-31-20-34-21-32(33(31)27-9-11-28(12-10-27)39-17-5-7-25(2)38-4)42-23-26-8-13-30-29(19-26)35(15-18-40-30)14-6-16-37-3/h8-13,19,24-25,31-34,36H,5-7,14-18,20-23H2,1-4H3/t24?,25?,31-,32+,33+/m1/s1. The van der Waals surface area contributed by atoms with Crippen LogP contribution in [0.4, 0.5) is 5.69 Å². The van der Waals surface area contributed by atoms with E-state index in [4.69, 9.17) is 28.4 Å². The first-order chi connectivity index (χ1) is 20.5. The van der Waals surface area contributed by atoms with Crippen molar-refractivity contribution in [1.29, 1.82) is 0 Å². The van der Waals surface area contributed by atoms with Crippen molar-refractivity contribution in [3.05, 3.63) is 53.6 Å². The van der Waals surface area contributed by atoms with Crippen molar-refractivity contribution in [2.45, 2.75) is 70.1 Å². The number of anilines is 1. The van der Waals surface area contributed by atoms with Crippen molar-refractivity contribution in [2.75, 3.05) is 71.7 Å². The van der Waals surface area contributed by atoms with Gasteiger partial charge in [-0.25, -0.2) is 0 Å². The fourth-order valence-corrected chi connectivity index (χ4v) is 5.59. The first kappa shape index (κ1) is 32.5. The minimum atomic E-state index is -0.534. The van der Waals surface area contributed by atoms with Crippen molar-refractivity contribution in [2.24, 2.45) is 0 Å². The average Bonchev–Trinajstić information content (AvgIpc) is 3.01. The van der Waals surface area contributed by atoms with Crippen LogP contribution in [0.2, 0.25) is 0 Å². The van der Waals surface area contributed by atoms with E-state index in [9.17, 15) is 5.11 Å². The summed E-state index contributed by atoms with van der Waals surface area (Å²) in [5.74, 6) is 1.78. The van der Waals surface area contributed by atoms with Crippen LogP contribution in [-0.4, -0.2) is 96.3 Å². The number of fused-ring (bicyclic) bond motifs is 1. The highest BCUT2D eigenvalue weighted by atomic mass is 16.5. The lowest BCUT2D eigenvalue weighted by Gasteiger charge is -2.39. The lowest BCUT2D eigenvalue weighted by molar-refractivity contribution is -0.0752. The number of hydrogen-bond donors (Lipinski definition) is 2. The van der Waals surface area contributed by atoms with Gasteiger partial charge in [0.2, 0.25) is 0 Å². The van der Waals surface area contributed by atoms with Crippen molar-refractivity contribution >= 4 is 5.69 Å². The van der Waals surface area contributed by atoms with Gasteiger partial charge in [-0.3, -0.25) is 0 Å². The molecule has 9 nitrogen and oxygen atoms in total. The second kappa shape index (κ2) is 17.0. The Hall–Kier alpha value is -2.40. The smallest absolute Gasteiger partial charge is 0.142 e. The molecule has 2 aromatic carbocycles. The summed E-state index contributed by atoms with van der Waals surface area (Å²) in [6.45, 7) is 9.86. The maximum Gasteiger partial charge on any atom is 0.142 e. The van der Waals surface area contributed by atoms with Crippen LogP contribution in [0, 0.1) is 0 Å². The molecule has 0 radical (unpaired) electrons. The molecule has 1 fully saturated rings. The van der Waals surface area contributed by atoms with Gasteiger partial charge in [0, 0.05) is 46.4 Å². The molecule has 2 N–H and O–H groups in total. The number of aliphatic hydroxyl groups is 1. The topological polar surface area (TPSA) is 90.9 Å². The van der Waals surface area contributed by atoms with Gasteiger partial charge in [-0.1, -0.05) is 18.2 Å². The molecular formula is C33H50N2O7. The molecule has 0 bridgehead atoms. The minimum Gasteiger partial charge on any atom is -0.494 e. The molecule has 2 aromatic rings. The van der Waals surface area contributed by atoms with Gasteiger partial charge in [-0.15, -0.1) is 0 Å². The Kier molecular flexibility index (Phi) is 13.2. The number of nitrogens with one attached hydrogen (secondary N) is 1. The maximum atomic E-state index is 9.91. The summed E-state index contributed by atoms with van der Waals surface area (Å²) >= 11 is 0. The summed E-state index contributed by atoms with van der Waals surface area (Å²) in [5.41, 5.74) is 3.36. The Balaban J connectivity index is 1.43. The van der Waals surface area contributed by atoms with E-state index in [-0.39, 0.29) is 30.8 Å². The van der Waals surface area contributed by atoms with Gasteiger partial charge in [0.1, 0.15) is 18.1 Å². The van der Waals surface area contributed by atoms with Crippen molar-refractivity contribution < 1.29 is 33.5 Å². The summed E-state index contributed by atoms with van der Waals surface area (Å²) in [6.07, 6.45) is 2.34. The average molecular weight is 587 g/mol. The van der Waals surface area contributed by atoms with E-state index in [0.717, 1.165) is 67.3 Å². The van der Waals surface area contributed by atoms with Gasteiger partial charge in [0.15, 0.2) is 0 Å². The number of nitrogens with zero attached hydrogens (tertiary/aromatic N) is 1. The molecule has 9 heteroatoms. The van der Waals surface area contributed by atoms with E-state index < -0.39 is 6.10 Å². The van der Waals surface area contributed by atoms with E-state index in [1.54, 1.807) is 21.1 Å². The Morgan fingerprint density at radius 1 is 1.00 bits per heavy atom. The van der Waals surface area contributed by atoms with Crippen LogP contribution in [0.3, 0.4) is 0 Å². The molecular weight excluding hydrogens is 536 g/mol. The van der Waals surface area contributed by atoms with E-state index in [1.807, 2.05) is 12.1 Å². The highest BCUT2D eigenvalue weighted by Crippen LogP contribution is 2.35. The van der Waals surface area contributed by atoms with Gasteiger partial charge < -0.3 is 43.7 Å². The fraction of sp³-hybridized carbons (Fsp3) is 0.636. The molecule has 2 unspecified atom stereocenters. The summed E-state index contributed by atoms with van der Waals surface area (Å²) in [6, 6.07) is 14.6. The second-order valence-electron chi connectivity index (χ2n) is 11.3. The lowest BCUT2D eigenvalue weighted by Crippen LogP contribution is -2.51. The molecule has 2 heterocycles. The molecule has 0 aliphatic carbocycles. The van der Waals surface area contributed by atoms with Crippen LogP contribution in [0.15, 0.2) is 42.5 Å². The molecule has 1 saturated heterocycles. The Morgan fingerprint density at radius 2 is 1.79 bits per heavy atom. The summed E-state index contributed by atoms with van der Waals surface area (Å²) < 4.78 is 35.3. The van der Waals surface area contributed by atoms with E-state index in [2.05, 4.69) is 47.5 Å². The number of aliphatic hydroxyl groups excluding tert-OH is 1. The van der Waals surface area contributed by atoms with Crippen molar-refractivity contribution in [1.82, 2.24) is 5.32 Å². The predicted octanol–water partition coefficient (Wildman–Crippen LogP) is 4.15. The zero-order valence-corrected chi connectivity index (χ0v) is 25.8. The Labute approximate surface area is 251 Å². The molecule has 0 aromatic heterocycles. The number of piperidine rings is 1. The quantitative estimate of drug-likeness (QED) is 0.265. The molecule has 4 rings (SSSR count). The molecule has 2 aliphatic rings. The van der Waals surface area contributed by atoms with Crippen LogP contribution >= 0.6 is 0 Å². The van der Waals surface area contributed by atoms with Crippen LogP contribution in [0.25, 0.3) is 0 Å². The monoisotopic (exact) mass is 586 g/mol. The number of hydrogen-bond acceptors (Lipinski definition) is 9. The van der Waals surface area contributed by atoms with E-state index >= 15 is 0 Å². The number of ether oxygens (including phenoxy) is 6. The SMILES string of the molecule is COCCCN1CCOc2ccc(CO[C@H]3CNC[C@@H](OCC(C)O)[C@@H]3c3ccc(OCCCC(C)OC)cc3)cc21. The summed E-state index contributed by atoms with van der Waals surface area (Å²) in [4.78, 5) is 2.37. The van der Waals surface area contributed by atoms with Crippen LogP contribution < -0.4 is 19.7 Å². The van der Waals surface area contributed by atoms with Gasteiger partial charge >= 0.3 is 0 Å². The fourth-order valence-electron chi connectivity index (χ4n) is 5.59. The van der Waals surface area contributed by atoms with Gasteiger partial charge in [0.25, 0.3) is 0 Å². The third-order valence-electron chi connectivity index (χ3n) is 7.96. The number of rotatable bonds is 17. The van der Waals surface area contributed by atoms with Crippen LogP contribution in [0.5, 0.6) is 11.5 Å². The number of benzene rings is 2. The molecule has 0 spiro atoms. The van der Waals surface area contributed by atoms with Crippen LogP contribution in [-0.2, 0) is 25.6 Å².